The first kappa shape index (κ1) is 26.9. The Morgan fingerprint density at radius 3 is 2.03 bits per heavy atom. The molecule has 0 aromatic heterocycles. The van der Waals surface area contributed by atoms with Gasteiger partial charge >= 0.3 is 6.09 Å². The van der Waals surface area contributed by atoms with Crippen LogP contribution in [0.25, 0.3) is 0 Å². The minimum absolute atomic E-state index is 0.0256. The number of terminal acetylenes is 1. The number of benzene rings is 1. The van der Waals surface area contributed by atoms with Gasteiger partial charge in [0.2, 0.25) is 0 Å². The molecule has 1 aromatic rings. The molecule has 1 heterocycles. The van der Waals surface area contributed by atoms with Gasteiger partial charge in [-0.05, 0) is 37.7 Å². The number of hydrogen-bond acceptors (Lipinski definition) is 5. The summed E-state index contributed by atoms with van der Waals surface area (Å²) in [6, 6.07) is 8.77. The highest BCUT2D eigenvalue weighted by atomic mass is 16.5. The second-order valence-electron chi connectivity index (χ2n) is 6.81. The molecule has 1 unspecified atom stereocenters. The summed E-state index contributed by atoms with van der Waals surface area (Å²) in [7, 11) is 0. The van der Waals surface area contributed by atoms with Gasteiger partial charge in [0.05, 0.1) is 18.2 Å². The number of hydrogen-bond donors (Lipinski definition) is 5. The molecule has 164 valence electrons. The van der Waals surface area contributed by atoms with E-state index < -0.39 is 18.2 Å². The van der Waals surface area contributed by atoms with Crippen molar-refractivity contribution in [3.63, 3.8) is 0 Å². The molecule has 2 fully saturated rings. The number of carboxylic acid groups (broad SMARTS) is 1. The second kappa shape index (κ2) is 18.0. The Morgan fingerprint density at radius 2 is 1.69 bits per heavy atom. The van der Waals surface area contributed by atoms with E-state index in [2.05, 4.69) is 18.2 Å². The fraction of sp³-hybridized carbons (Fsp3) is 0.591. The van der Waals surface area contributed by atoms with E-state index in [9.17, 15) is 9.90 Å². The van der Waals surface area contributed by atoms with Gasteiger partial charge in [0, 0.05) is 19.8 Å². The number of ether oxygens (including phenoxy) is 1. The van der Waals surface area contributed by atoms with Crippen LogP contribution in [-0.2, 0) is 11.2 Å². The fourth-order valence-corrected chi connectivity index (χ4v) is 2.89. The van der Waals surface area contributed by atoms with E-state index in [1.807, 2.05) is 30.3 Å². The molecule has 2 atom stereocenters. The number of nitrogens with one attached hydrogen (secondary N) is 1. The standard InChI is InChI=1S/C11H16N2O3.C5H10O.C4H8O.C2H2/c12-7-10(14)9(13-11(15)16)6-8-4-2-1-3-5-8;6-5-3-1-2-4-5;1-2-4-5-3-1;1-2/h1-5,9-10,13-14H,6-7,12H2,(H,15,16);5-6H,1-4H2;1-4H2;1-2H/t9-,10?;;;/m0.../s1. The highest BCUT2D eigenvalue weighted by molar-refractivity contribution is 5.65. The number of amides is 1. The number of nitrogens with two attached hydrogens (primary N) is 1. The van der Waals surface area contributed by atoms with Crippen LogP contribution in [0.15, 0.2) is 30.3 Å². The zero-order chi connectivity index (χ0) is 21.9. The summed E-state index contributed by atoms with van der Waals surface area (Å²) in [5.74, 6) is 0. The van der Waals surface area contributed by atoms with E-state index in [0.29, 0.717) is 6.42 Å². The molecule has 29 heavy (non-hydrogen) atoms. The lowest BCUT2D eigenvalue weighted by molar-refractivity contribution is 0.125. The Kier molecular flexibility index (Phi) is 16.6. The number of carbonyl (C=O) groups is 1. The van der Waals surface area contributed by atoms with Crippen molar-refractivity contribution in [2.45, 2.75) is 63.2 Å². The third-order valence-electron chi connectivity index (χ3n) is 4.47. The zero-order valence-corrected chi connectivity index (χ0v) is 17.1. The normalized spacial score (nSPS) is 17.3. The van der Waals surface area contributed by atoms with E-state index in [0.717, 1.165) is 31.6 Å². The minimum Gasteiger partial charge on any atom is -0.465 e. The highest BCUT2D eigenvalue weighted by Crippen LogP contribution is 2.16. The van der Waals surface area contributed by atoms with Crippen LogP contribution in [0, 0.1) is 12.8 Å². The summed E-state index contributed by atoms with van der Waals surface area (Å²) in [5.41, 5.74) is 6.27. The summed E-state index contributed by atoms with van der Waals surface area (Å²) >= 11 is 0. The molecule has 7 heteroatoms. The highest BCUT2D eigenvalue weighted by Gasteiger charge is 2.20. The van der Waals surface area contributed by atoms with Crippen LogP contribution in [0.3, 0.4) is 0 Å². The summed E-state index contributed by atoms with van der Waals surface area (Å²) in [4.78, 5) is 10.6. The monoisotopic (exact) mass is 408 g/mol. The zero-order valence-electron chi connectivity index (χ0n) is 17.1. The predicted molar refractivity (Wildman–Crippen MR) is 115 cm³/mol. The van der Waals surface area contributed by atoms with Gasteiger partial charge in [-0.25, -0.2) is 4.79 Å². The van der Waals surface area contributed by atoms with Gasteiger partial charge in [0.25, 0.3) is 0 Å². The third-order valence-corrected chi connectivity index (χ3v) is 4.47. The average Bonchev–Trinajstić information content (AvgIpc) is 3.46. The van der Waals surface area contributed by atoms with Crippen molar-refractivity contribution < 1.29 is 24.9 Å². The molecule has 1 saturated heterocycles. The van der Waals surface area contributed by atoms with E-state index in [-0.39, 0.29) is 12.6 Å². The van der Waals surface area contributed by atoms with Crippen LogP contribution >= 0.6 is 0 Å². The number of rotatable bonds is 5. The first-order chi connectivity index (χ1) is 14.0. The Morgan fingerprint density at radius 1 is 1.14 bits per heavy atom. The molecule has 6 N–H and O–H groups in total. The van der Waals surface area contributed by atoms with Gasteiger partial charge in [0.15, 0.2) is 0 Å². The third kappa shape index (κ3) is 14.5. The van der Waals surface area contributed by atoms with Crippen LogP contribution in [0.4, 0.5) is 4.79 Å². The van der Waals surface area contributed by atoms with E-state index in [1.165, 1.54) is 25.7 Å². The smallest absolute Gasteiger partial charge is 0.404 e. The van der Waals surface area contributed by atoms with Gasteiger partial charge in [-0.2, -0.15) is 0 Å². The molecule has 1 aliphatic carbocycles. The quantitative estimate of drug-likeness (QED) is 0.476. The Balaban J connectivity index is 0.000000486. The molecule has 1 aliphatic heterocycles. The Labute approximate surface area is 174 Å². The lowest BCUT2D eigenvalue weighted by Crippen LogP contribution is -2.47. The first-order valence-corrected chi connectivity index (χ1v) is 10.0. The van der Waals surface area contributed by atoms with Crippen LogP contribution in [-0.4, -0.2) is 59.4 Å². The van der Waals surface area contributed by atoms with Crippen molar-refractivity contribution in [3.8, 4) is 12.8 Å². The molecule has 2 aliphatic rings. The van der Waals surface area contributed by atoms with Crippen LogP contribution in [0.2, 0.25) is 0 Å². The fourth-order valence-electron chi connectivity index (χ4n) is 2.89. The first-order valence-electron chi connectivity index (χ1n) is 10.0. The predicted octanol–water partition coefficient (Wildman–Crippen LogP) is 2.15. The molecule has 0 spiro atoms. The average molecular weight is 409 g/mol. The second-order valence-corrected chi connectivity index (χ2v) is 6.81. The van der Waals surface area contributed by atoms with Crippen molar-refractivity contribution in [1.29, 1.82) is 0 Å². The van der Waals surface area contributed by atoms with E-state index in [4.69, 9.17) is 20.7 Å². The molecular formula is C22H36N2O5. The molecule has 1 aromatic carbocycles. The van der Waals surface area contributed by atoms with E-state index in [1.54, 1.807) is 0 Å². The minimum atomic E-state index is -1.16. The summed E-state index contributed by atoms with van der Waals surface area (Å²) < 4.78 is 4.94. The van der Waals surface area contributed by atoms with Crippen molar-refractivity contribution in [3.05, 3.63) is 35.9 Å². The summed E-state index contributed by atoms with van der Waals surface area (Å²) in [5, 5.41) is 29.2. The molecule has 0 radical (unpaired) electrons. The van der Waals surface area contributed by atoms with Gasteiger partial charge in [-0.1, -0.05) is 43.2 Å². The van der Waals surface area contributed by atoms with Crippen LogP contribution < -0.4 is 11.1 Å². The summed E-state index contributed by atoms with van der Waals surface area (Å²) in [6.07, 6.45) is 13.5. The van der Waals surface area contributed by atoms with Crippen molar-refractivity contribution >= 4 is 6.09 Å². The molecule has 1 saturated carbocycles. The maximum atomic E-state index is 10.6. The maximum absolute atomic E-state index is 10.6. The van der Waals surface area contributed by atoms with Gasteiger partial charge in [-0.3, -0.25) is 0 Å². The van der Waals surface area contributed by atoms with Crippen molar-refractivity contribution in [2.75, 3.05) is 19.8 Å². The van der Waals surface area contributed by atoms with Crippen LogP contribution in [0.1, 0.15) is 44.1 Å². The van der Waals surface area contributed by atoms with Gasteiger partial charge in [-0.15, -0.1) is 12.8 Å². The number of aliphatic hydroxyl groups excluding tert-OH is 2. The van der Waals surface area contributed by atoms with Gasteiger partial charge in [0.1, 0.15) is 0 Å². The maximum Gasteiger partial charge on any atom is 0.404 e. The lowest BCUT2D eigenvalue weighted by Gasteiger charge is -2.21. The van der Waals surface area contributed by atoms with Crippen molar-refractivity contribution in [1.82, 2.24) is 5.32 Å². The topological polar surface area (TPSA) is 125 Å². The summed E-state index contributed by atoms with van der Waals surface area (Å²) in [6.45, 7) is 2.03. The SMILES string of the molecule is C#C.C1CCOC1.NCC(O)[C@H](Cc1ccccc1)NC(=O)O.OC1CCCC1. The van der Waals surface area contributed by atoms with Crippen LogP contribution in [0.5, 0.6) is 0 Å². The van der Waals surface area contributed by atoms with Crippen molar-refractivity contribution in [2.24, 2.45) is 5.73 Å². The Hall–Kier alpha value is -2.11. The Bertz CT molecular complexity index is 521. The molecule has 3 rings (SSSR count). The van der Waals surface area contributed by atoms with E-state index >= 15 is 0 Å². The lowest BCUT2D eigenvalue weighted by atomic mass is 10.0. The largest absolute Gasteiger partial charge is 0.465 e. The number of aliphatic hydroxyl groups is 2. The molecule has 7 nitrogen and oxygen atoms in total. The molecule has 0 bridgehead atoms. The molecule has 1 amide bonds. The van der Waals surface area contributed by atoms with Gasteiger partial charge < -0.3 is 31.1 Å². The molecular weight excluding hydrogens is 372 g/mol.